The molecule has 2 rings (SSSR count). The lowest BCUT2D eigenvalue weighted by atomic mass is 10.2. The summed E-state index contributed by atoms with van der Waals surface area (Å²) in [7, 11) is 0.331. The zero-order valence-corrected chi connectivity index (χ0v) is 13.3. The summed E-state index contributed by atoms with van der Waals surface area (Å²) in [6, 6.07) is 1.60. The first-order chi connectivity index (χ1) is 9.36. The van der Waals surface area contributed by atoms with Crippen LogP contribution in [0.2, 0.25) is 0 Å². The van der Waals surface area contributed by atoms with Crippen molar-refractivity contribution in [1.29, 1.82) is 0 Å². The van der Waals surface area contributed by atoms with Gasteiger partial charge in [-0.25, -0.2) is 8.42 Å². The molecule has 1 N–H and O–H groups in total. The number of sulfonamides is 1. The average molecular weight is 301 g/mol. The SMILES string of the molecule is CNCc1cc(S(=O)(=O)N2CCN(C)CC2C)c(C)o1. The molecule has 1 aliphatic rings. The summed E-state index contributed by atoms with van der Waals surface area (Å²) in [5.41, 5.74) is 0. The normalized spacial score (nSPS) is 22.3. The largest absolute Gasteiger partial charge is 0.464 e. The van der Waals surface area contributed by atoms with Gasteiger partial charge in [-0.3, -0.25) is 0 Å². The van der Waals surface area contributed by atoms with Crippen LogP contribution in [0, 0.1) is 6.92 Å². The molecule has 0 bridgehead atoms. The van der Waals surface area contributed by atoms with Gasteiger partial charge < -0.3 is 14.6 Å². The van der Waals surface area contributed by atoms with E-state index in [1.54, 1.807) is 24.3 Å². The Morgan fingerprint density at radius 2 is 2.15 bits per heavy atom. The van der Waals surface area contributed by atoms with Gasteiger partial charge in [0, 0.05) is 31.7 Å². The number of rotatable bonds is 4. The third kappa shape index (κ3) is 2.90. The Morgan fingerprint density at radius 3 is 2.75 bits per heavy atom. The molecular weight excluding hydrogens is 278 g/mol. The highest BCUT2D eigenvalue weighted by molar-refractivity contribution is 7.89. The molecule has 1 aromatic rings. The van der Waals surface area contributed by atoms with Crippen molar-refractivity contribution in [3.63, 3.8) is 0 Å². The van der Waals surface area contributed by atoms with Crippen molar-refractivity contribution in [2.45, 2.75) is 31.3 Å². The molecule has 1 aromatic heterocycles. The monoisotopic (exact) mass is 301 g/mol. The van der Waals surface area contributed by atoms with Crippen molar-refractivity contribution in [1.82, 2.24) is 14.5 Å². The lowest BCUT2D eigenvalue weighted by Gasteiger charge is -2.36. The van der Waals surface area contributed by atoms with Crippen LogP contribution in [0.3, 0.4) is 0 Å². The Hall–Kier alpha value is -0.890. The van der Waals surface area contributed by atoms with E-state index in [4.69, 9.17) is 4.42 Å². The van der Waals surface area contributed by atoms with Gasteiger partial charge in [-0.1, -0.05) is 0 Å². The summed E-state index contributed by atoms with van der Waals surface area (Å²) in [6.07, 6.45) is 0. The molecule has 114 valence electrons. The molecule has 0 aliphatic carbocycles. The zero-order valence-electron chi connectivity index (χ0n) is 12.5. The van der Waals surface area contributed by atoms with Gasteiger partial charge in [0.05, 0.1) is 6.54 Å². The third-order valence-corrected chi connectivity index (χ3v) is 5.75. The summed E-state index contributed by atoms with van der Waals surface area (Å²) in [4.78, 5) is 2.44. The number of aryl methyl sites for hydroxylation is 1. The first-order valence-electron chi connectivity index (χ1n) is 6.80. The van der Waals surface area contributed by atoms with E-state index in [0.29, 0.717) is 29.5 Å². The fourth-order valence-corrected chi connectivity index (χ4v) is 4.45. The molecule has 20 heavy (non-hydrogen) atoms. The van der Waals surface area contributed by atoms with E-state index < -0.39 is 10.0 Å². The number of nitrogens with one attached hydrogen (secondary N) is 1. The minimum absolute atomic E-state index is 0.0270. The highest BCUT2D eigenvalue weighted by Crippen LogP contribution is 2.26. The molecule has 1 aliphatic heterocycles. The Morgan fingerprint density at radius 1 is 1.45 bits per heavy atom. The Balaban J connectivity index is 2.30. The Bertz CT molecular complexity index is 567. The Labute approximate surface area is 120 Å². The van der Waals surface area contributed by atoms with Crippen molar-refractivity contribution < 1.29 is 12.8 Å². The topological polar surface area (TPSA) is 65.8 Å². The lowest BCUT2D eigenvalue weighted by Crippen LogP contribution is -2.52. The van der Waals surface area contributed by atoms with E-state index in [1.165, 1.54) is 0 Å². The molecule has 1 saturated heterocycles. The number of furan rings is 1. The van der Waals surface area contributed by atoms with Gasteiger partial charge in [-0.05, 0) is 27.9 Å². The van der Waals surface area contributed by atoms with Crippen LogP contribution in [0.15, 0.2) is 15.4 Å². The molecule has 7 heteroatoms. The molecule has 0 saturated carbocycles. The van der Waals surface area contributed by atoms with Crippen molar-refractivity contribution in [3.05, 3.63) is 17.6 Å². The molecule has 0 spiro atoms. The van der Waals surface area contributed by atoms with Crippen LogP contribution in [-0.2, 0) is 16.6 Å². The van der Waals surface area contributed by atoms with Crippen molar-refractivity contribution >= 4 is 10.0 Å². The molecule has 0 aromatic carbocycles. The van der Waals surface area contributed by atoms with Crippen molar-refractivity contribution in [3.8, 4) is 0 Å². The number of nitrogens with zero attached hydrogens (tertiary/aromatic N) is 2. The van der Waals surface area contributed by atoms with Crippen molar-refractivity contribution in [2.75, 3.05) is 33.7 Å². The summed E-state index contributed by atoms with van der Waals surface area (Å²) in [6.45, 7) is 6.19. The minimum Gasteiger partial charge on any atom is -0.464 e. The van der Waals surface area contributed by atoms with E-state index in [9.17, 15) is 8.42 Å². The predicted octanol–water partition coefficient (Wildman–Crippen LogP) is 0.632. The van der Waals surface area contributed by atoms with Crippen LogP contribution in [0.1, 0.15) is 18.4 Å². The second kappa shape index (κ2) is 5.85. The van der Waals surface area contributed by atoms with E-state index in [1.807, 2.05) is 14.0 Å². The van der Waals surface area contributed by atoms with Crippen LogP contribution >= 0.6 is 0 Å². The highest BCUT2D eigenvalue weighted by Gasteiger charge is 2.34. The van der Waals surface area contributed by atoms with Crippen molar-refractivity contribution in [2.24, 2.45) is 0 Å². The maximum atomic E-state index is 12.8. The highest BCUT2D eigenvalue weighted by atomic mass is 32.2. The fraction of sp³-hybridized carbons (Fsp3) is 0.692. The fourth-order valence-electron chi connectivity index (χ4n) is 2.65. The molecule has 0 amide bonds. The van der Waals surface area contributed by atoms with Gasteiger partial charge >= 0.3 is 0 Å². The quantitative estimate of drug-likeness (QED) is 0.884. The van der Waals surface area contributed by atoms with Crippen LogP contribution < -0.4 is 5.32 Å². The molecule has 1 atom stereocenters. The molecule has 6 nitrogen and oxygen atoms in total. The number of likely N-dealkylation sites (N-methyl/N-ethyl adjacent to an activating group) is 1. The smallest absolute Gasteiger partial charge is 0.246 e. The Kier molecular flexibility index (Phi) is 4.53. The molecule has 1 fully saturated rings. The summed E-state index contributed by atoms with van der Waals surface area (Å²) in [5.74, 6) is 1.10. The molecule has 2 heterocycles. The van der Waals surface area contributed by atoms with E-state index in [-0.39, 0.29) is 6.04 Å². The first kappa shape index (κ1) is 15.5. The minimum atomic E-state index is -3.48. The first-order valence-corrected chi connectivity index (χ1v) is 8.24. The third-order valence-electron chi connectivity index (χ3n) is 3.63. The van der Waals surface area contributed by atoms with Gasteiger partial charge in [0.2, 0.25) is 10.0 Å². The zero-order chi connectivity index (χ0) is 14.9. The van der Waals surface area contributed by atoms with Gasteiger partial charge in [-0.2, -0.15) is 4.31 Å². The van der Waals surface area contributed by atoms with Crippen LogP contribution in [0.5, 0.6) is 0 Å². The lowest BCUT2D eigenvalue weighted by molar-refractivity contribution is 0.170. The van der Waals surface area contributed by atoms with Crippen LogP contribution in [0.4, 0.5) is 0 Å². The van der Waals surface area contributed by atoms with E-state index in [0.717, 1.165) is 13.1 Å². The number of hydrogen-bond acceptors (Lipinski definition) is 5. The van der Waals surface area contributed by atoms with E-state index >= 15 is 0 Å². The second-order valence-electron chi connectivity index (χ2n) is 5.39. The maximum Gasteiger partial charge on any atom is 0.246 e. The maximum absolute atomic E-state index is 12.8. The molecular formula is C13H23N3O3S. The number of piperazine rings is 1. The average Bonchev–Trinajstić information content (AvgIpc) is 2.71. The van der Waals surface area contributed by atoms with Gasteiger partial charge in [0.1, 0.15) is 16.4 Å². The number of hydrogen-bond donors (Lipinski definition) is 1. The predicted molar refractivity (Wildman–Crippen MR) is 77.1 cm³/mol. The van der Waals surface area contributed by atoms with Gasteiger partial charge in [-0.15, -0.1) is 0 Å². The molecule has 1 unspecified atom stereocenters. The summed E-state index contributed by atoms with van der Waals surface area (Å²) >= 11 is 0. The van der Waals surface area contributed by atoms with E-state index in [2.05, 4.69) is 10.2 Å². The summed E-state index contributed by atoms with van der Waals surface area (Å²) in [5, 5.41) is 2.96. The second-order valence-corrected chi connectivity index (χ2v) is 7.25. The van der Waals surface area contributed by atoms with Gasteiger partial charge in [0.25, 0.3) is 0 Å². The molecule has 0 radical (unpaired) electrons. The summed E-state index contributed by atoms with van der Waals surface area (Å²) < 4.78 is 32.6. The standard InChI is InChI=1S/C13H23N3O3S/c1-10-9-15(4)5-6-16(10)20(17,18)13-7-12(8-14-3)19-11(13)2/h7,10,14H,5-6,8-9H2,1-4H3. The van der Waals surface area contributed by atoms with Gasteiger partial charge in [0.15, 0.2) is 0 Å². The van der Waals surface area contributed by atoms with Crippen LogP contribution in [0.25, 0.3) is 0 Å². The van der Waals surface area contributed by atoms with Crippen LogP contribution in [-0.4, -0.2) is 57.4 Å².